The van der Waals surface area contributed by atoms with E-state index >= 15 is 0 Å². The van der Waals surface area contributed by atoms with Crippen molar-refractivity contribution in [1.82, 2.24) is 19.5 Å². The van der Waals surface area contributed by atoms with Crippen LogP contribution in [0.1, 0.15) is 0 Å². The van der Waals surface area contributed by atoms with Gasteiger partial charge in [0.2, 0.25) is 0 Å². The number of benzene rings is 10. The number of nitrogens with zero attached hydrogens (tertiary/aromatic N) is 4. The fourth-order valence-electron chi connectivity index (χ4n) is 9.85. The van der Waals surface area contributed by atoms with Crippen molar-refractivity contribution < 1.29 is 4.42 Å². The van der Waals surface area contributed by atoms with Gasteiger partial charge >= 0.3 is 0 Å². The van der Waals surface area contributed by atoms with Crippen LogP contribution in [-0.2, 0) is 0 Å². The molecule has 3 heterocycles. The second-order valence-corrected chi connectivity index (χ2v) is 17.1. The van der Waals surface area contributed by atoms with Crippen LogP contribution in [0.3, 0.4) is 0 Å². The monoisotopic (exact) mass is 868 g/mol. The lowest BCUT2D eigenvalue weighted by molar-refractivity contribution is 0.673. The Balaban J connectivity index is 1.03. The predicted molar refractivity (Wildman–Crippen MR) is 279 cm³/mol. The zero-order chi connectivity index (χ0) is 45.0. The standard InChI is InChI=1S/C63H40N4O/c1-6-18-41(19-7-1)49-33-30-45(38-54(49)42-20-8-2-9-21-42)46-31-34-50(55(39-46)63-65-61(43-22-10-3-11-23-43)64-62(66-63)44-24-12-4-13-25-44)47-32-35-51-52-36-37-57-59(60(52)68-58(51)40-47)53-28-16-17-29-56(53)67(57)48-26-14-5-15-27-48/h1-40H. The molecule has 0 N–H and O–H groups in total. The fourth-order valence-corrected chi connectivity index (χ4v) is 9.85. The number of para-hydroxylation sites is 2. The van der Waals surface area contributed by atoms with Crippen molar-refractivity contribution in [2.24, 2.45) is 0 Å². The van der Waals surface area contributed by atoms with E-state index in [0.29, 0.717) is 17.5 Å². The van der Waals surface area contributed by atoms with Gasteiger partial charge in [-0.1, -0.05) is 188 Å². The van der Waals surface area contributed by atoms with E-state index in [1.807, 2.05) is 60.7 Å². The summed E-state index contributed by atoms with van der Waals surface area (Å²) in [7, 11) is 0. The van der Waals surface area contributed by atoms with Crippen LogP contribution >= 0.6 is 0 Å². The van der Waals surface area contributed by atoms with Gasteiger partial charge in [0.15, 0.2) is 17.5 Å². The molecule has 0 bridgehead atoms. The Morgan fingerprint density at radius 2 is 0.779 bits per heavy atom. The highest BCUT2D eigenvalue weighted by atomic mass is 16.3. The van der Waals surface area contributed by atoms with E-state index in [2.05, 4.69) is 187 Å². The Bertz CT molecular complexity index is 3940. The summed E-state index contributed by atoms with van der Waals surface area (Å²) < 4.78 is 9.36. The lowest BCUT2D eigenvalue weighted by atomic mass is 9.89. The van der Waals surface area contributed by atoms with Gasteiger partial charge in [-0.15, -0.1) is 0 Å². The minimum Gasteiger partial charge on any atom is -0.455 e. The molecule has 13 rings (SSSR count). The molecule has 0 aliphatic heterocycles. The van der Waals surface area contributed by atoms with Gasteiger partial charge in [0.25, 0.3) is 0 Å². The average Bonchev–Trinajstić information content (AvgIpc) is 3.97. The zero-order valence-corrected chi connectivity index (χ0v) is 36.8. The van der Waals surface area contributed by atoms with Crippen LogP contribution in [0.2, 0.25) is 0 Å². The molecule has 318 valence electrons. The molecule has 0 aliphatic rings. The first-order valence-electron chi connectivity index (χ1n) is 22.9. The Hall–Kier alpha value is -9.19. The Morgan fingerprint density at radius 3 is 1.41 bits per heavy atom. The number of rotatable bonds is 8. The molecule has 0 unspecified atom stereocenters. The minimum atomic E-state index is 0.582. The zero-order valence-electron chi connectivity index (χ0n) is 36.8. The summed E-state index contributed by atoms with van der Waals surface area (Å²) in [6, 6.07) is 85.1. The van der Waals surface area contributed by atoms with Crippen LogP contribution in [0.25, 0.3) is 128 Å². The van der Waals surface area contributed by atoms with Gasteiger partial charge in [-0.2, -0.15) is 0 Å². The first-order chi connectivity index (χ1) is 33.7. The number of fused-ring (bicyclic) bond motifs is 7. The molecule has 0 aliphatic carbocycles. The van der Waals surface area contributed by atoms with Crippen molar-refractivity contribution in [2.75, 3.05) is 0 Å². The lowest BCUT2D eigenvalue weighted by Gasteiger charge is -2.16. The smallest absolute Gasteiger partial charge is 0.164 e. The normalized spacial score (nSPS) is 11.5. The Morgan fingerprint density at radius 1 is 0.294 bits per heavy atom. The lowest BCUT2D eigenvalue weighted by Crippen LogP contribution is -2.01. The maximum Gasteiger partial charge on any atom is 0.164 e. The third-order valence-electron chi connectivity index (χ3n) is 13.1. The van der Waals surface area contributed by atoms with Crippen LogP contribution in [0.15, 0.2) is 247 Å². The SMILES string of the molecule is c1ccc(-c2nc(-c3ccccc3)nc(-c3cc(-c4ccc(-c5ccccc5)c(-c5ccccc5)c4)ccc3-c3ccc4c(c3)oc3c4ccc4c3c3ccccc3n4-c3ccccc3)n2)cc1. The van der Waals surface area contributed by atoms with Crippen molar-refractivity contribution in [1.29, 1.82) is 0 Å². The molecule has 5 heteroatoms. The third kappa shape index (κ3) is 6.76. The first kappa shape index (κ1) is 39.2. The molecule has 0 atom stereocenters. The van der Waals surface area contributed by atoms with Crippen molar-refractivity contribution in [3.8, 4) is 84.4 Å². The molecule has 0 fully saturated rings. The van der Waals surface area contributed by atoms with Crippen LogP contribution in [-0.4, -0.2) is 19.5 Å². The summed E-state index contributed by atoms with van der Waals surface area (Å²) in [6.07, 6.45) is 0. The van der Waals surface area contributed by atoms with E-state index in [1.165, 1.54) is 11.1 Å². The van der Waals surface area contributed by atoms with Gasteiger partial charge < -0.3 is 8.98 Å². The van der Waals surface area contributed by atoms with Crippen molar-refractivity contribution in [2.45, 2.75) is 0 Å². The maximum absolute atomic E-state index is 7.03. The first-order valence-corrected chi connectivity index (χ1v) is 22.9. The highest BCUT2D eigenvalue weighted by molar-refractivity contribution is 6.24. The molecular weight excluding hydrogens is 829 g/mol. The fraction of sp³-hybridized carbons (Fsp3) is 0. The molecule has 13 aromatic rings. The van der Waals surface area contributed by atoms with Gasteiger partial charge in [0.05, 0.1) is 16.4 Å². The quantitative estimate of drug-likeness (QED) is 0.153. The molecule has 5 nitrogen and oxygen atoms in total. The van der Waals surface area contributed by atoms with E-state index in [4.69, 9.17) is 19.4 Å². The van der Waals surface area contributed by atoms with E-state index < -0.39 is 0 Å². The van der Waals surface area contributed by atoms with Crippen molar-refractivity contribution in [3.63, 3.8) is 0 Å². The number of furan rings is 1. The van der Waals surface area contributed by atoms with Crippen LogP contribution in [0.4, 0.5) is 0 Å². The molecular formula is C63H40N4O. The third-order valence-corrected chi connectivity index (χ3v) is 13.1. The highest BCUT2D eigenvalue weighted by Crippen LogP contribution is 2.44. The largest absolute Gasteiger partial charge is 0.455 e. The molecule has 10 aromatic carbocycles. The highest BCUT2D eigenvalue weighted by Gasteiger charge is 2.22. The summed E-state index contributed by atoms with van der Waals surface area (Å²) >= 11 is 0. The number of aromatic nitrogens is 4. The van der Waals surface area contributed by atoms with Gasteiger partial charge in [-0.05, 0) is 99.1 Å². The van der Waals surface area contributed by atoms with E-state index in [9.17, 15) is 0 Å². The molecule has 0 saturated heterocycles. The van der Waals surface area contributed by atoms with Gasteiger partial charge in [-0.25, -0.2) is 15.0 Å². The maximum atomic E-state index is 7.03. The number of hydrogen-bond acceptors (Lipinski definition) is 4. The van der Waals surface area contributed by atoms with Crippen molar-refractivity contribution >= 4 is 43.7 Å². The predicted octanol–water partition coefficient (Wildman–Crippen LogP) is 16.5. The second-order valence-electron chi connectivity index (χ2n) is 17.1. The summed E-state index contributed by atoms with van der Waals surface area (Å²) in [6.45, 7) is 0. The van der Waals surface area contributed by atoms with E-state index in [0.717, 1.165) is 99.5 Å². The molecule has 0 spiro atoms. The van der Waals surface area contributed by atoms with Gasteiger partial charge in [0.1, 0.15) is 11.2 Å². The Labute approximate surface area is 392 Å². The van der Waals surface area contributed by atoms with Crippen molar-refractivity contribution in [3.05, 3.63) is 243 Å². The van der Waals surface area contributed by atoms with Crippen LogP contribution < -0.4 is 0 Å². The Kier molecular flexibility index (Phi) is 9.43. The van der Waals surface area contributed by atoms with E-state index in [1.54, 1.807) is 0 Å². The molecule has 68 heavy (non-hydrogen) atoms. The molecule has 0 saturated carbocycles. The van der Waals surface area contributed by atoms with Gasteiger partial charge in [0, 0.05) is 38.5 Å². The topological polar surface area (TPSA) is 56.7 Å². The molecule has 0 amide bonds. The summed E-state index contributed by atoms with van der Waals surface area (Å²) in [5.74, 6) is 1.80. The van der Waals surface area contributed by atoms with Crippen LogP contribution in [0, 0.1) is 0 Å². The van der Waals surface area contributed by atoms with Gasteiger partial charge in [-0.3, -0.25) is 0 Å². The molecule has 3 aromatic heterocycles. The second kappa shape index (κ2) is 16.4. The summed E-state index contributed by atoms with van der Waals surface area (Å²) in [5.41, 5.74) is 16.5. The van der Waals surface area contributed by atoms with Crippen LogP contribution in [0.5, 0.6) is 0 Å². The number of hydrogen-bond donors (Lipinski definition) is 0. The van der Waals surface area contributed by atoms with E-state index in [-0.39, 0.29) is 0 Å². The summed E-state index contributed by atoms with van der Waals surface area (Å²) in [5, 5.41) is 4.39. The summed E-state index contributed by atoms with van der Waals surface area (Å²) in [4.78, 5) is 15.6. The average molecular weight is 869 g/mol. The molecule has 0 radical (unpaired) electrons. The minimum absolute atomic E-state index is 0.582.